The summed E-state index contributed by atoms with van der Waals surface area (Å²) in [6.45, 7) is 8.40. The van der Waals surface area contributed by atoms with Crippen LogP contribution in [-0.2, 0) is 11.0 Å². The molecule has 2 atom stereocenters. The van der Waals surface area contributed by atoms with Crippen molar-refractivity contribution in [1.29, 1.82) is 0 Å². The van der Waals surface area contributed by atoms with Crippen molar-refractivity contribution in [1.82, 2.24) is 15.5 Å². The summed E-state index contributed by atoms with van der Waals surface area (Å²) in [7, 11) is 1.84. The van der Waals surface area contributed by atoms with E-state index in [1.807, 2.05) is 13.8 Å². The van der Waals surface area contributed by atoms with Gasteiger partial charge in [-0.1, -0.05) is 23.9 Å². The van der Waals surface area contributed by atoms with E-state index < -0.39 is 11.7 Å². The number of fused-ring (bicyclic) bond motifs is 1. The summed E-state index contributed by atoms with van der Waals surface area (Å²) in [5.74, 6) is 1.22. The maximum atomic E-state index is 13.1. The molecular formula is C19H25F3N4OS. The van der Waals surface area contributed by atoms with E-state index in [1.54, 1.807) is 17.8 Å². The summed E-state index contributed by atoms with van der Waals surface area (Å²) >= 11 is 1.55. The zero-order valence-electron chi connectivity index (χ0n) is 15.8. The van der Waals surface area contributed by atoms with E-state index in [2.05, 4.69) is 27.2 Å². The molecule has 2 aliphatic rings. The zero-order valence-corrected chi connectivity index (χ0v) is 16.6. The number of benzene rings is 1. The molecule has 3 rings (SSSR count). The van der Waals surface area contributed by atoms with Crippen molar-refractivity contribution in [3.05, 3.63) is 40.4 Å². The summed E-state index contributed by atoms with van der Waals surface area (Å²) in [6.07, 6.45) is -3.25. The van der Waals surface area contributed by atoms with E-state index >= 15 is 0 Å². The van der Waals surface area contributed by atoms with Gasteiger partial charge < -0.3 is 20.3 Å². The Kier molecular flexibility index (Phi) is 8.09. The van der Waals surface area contributed by atoms with Gasteiger partial charge in [-0.15, -0.1) is 0 Å². The third-order valence-corrected chi connectivity index (χ3v) is 5.99. The molecule has 2 unspecified atom stereocenters. The third-order valence-electron chi connectivity index (χ3n) is 4.83. The van der Waals surface area contributed by atoms with Gasteiger partial charge in [-0.25, -0.2) is 0 Å². The van der Waals surface area contributed by atoms with Crippen LogP contribution in [-0.4, -0.2) is 57.0 Å². The van der Waals surface area contributed by atoms with Crippen LogP contribution in [0, 0.1) is 5.92 Å². The number of alkyl halides is 3. The number of aliphatic imine (C=N–C) groups is 1. The highest BCUT2D eigenvalue weighted by atomic mass is 32.2. The monoisotopic (exact) mass is 414 g/mol. The minimum Gasteiger partial charge on any atom is -0.363 e. The summed E-state index contributed by atoms with van der Waals surface area (Å²) in [5.41, 5.74) is 0.281. The highest BCUT2D eigenvalue weighted by Crippen LogP contribution is 2.37. The lowest BCUT2D eigenvalue weighted by atomic mass is 10.1. The summed E-state index contributed by atoms with van der Waals surface area (Å²) in [5, 5.41) is 7.46. The zero-order chi connectivity index (χ0) is 20.7. The van der Waals surface area contributed by atoms with Gasteiger partial charge in [-0.05, 0) is 44.8 Å². The van der Waals surface area contributed by atoms with Crippen LogP contribution in [0.25, 0.3) is 5.70 Å². The van der Waals surface area contributed by atoms with Crippen molar-refractivity contribution in [3.8, 4) is 0 Å². The number of hydrogen-bond donors (Lipinski definition) is 2. The fourth-order valence-corrected chi connectivity index (χ4v) is 4.52. The topological polar surface area (TPSA) is 56.7 Å². The number of likely N-dealkylation sites (tertiary alicyclic amines) is 1. The van der Waals surface area contributed by atoms with Gasteiger partial charge in [0.25, 0.3) is 0 Å². The molecule has 154 valence electrons. The first kappa shape index (κ1) is 22.4. The number of halogens is 3. The SMILES string of the molecule is C=N/C(=C(\SCNC)N1CC2CCNC2C1)c1cccc(C(F)(F)F)c1.C=O. The number of thioether (sulfide) groups is 1. The fourth-order valence-electron chi connectivity index (χ4n) is 3.59. The molecule has 1 aromatic carbocycles. The quantitative estimate of drug-likeness (QED) is 0.554. The number of rotatable bonds is 6. The van der Waals surface area contributed by atoms with E-state index in [1.165, 1.54) is 6.07 Å². The molecule has 9 heteroatoms. The predicted molar refractivity (Wildman–Crippen MR) is 108 cm³/mol. The molecule has 1 aromatic rings. The van der Waals surface area contributed by atoms with Crippen molar-refractivity contribution in [2.75, 3.05) is 32.6 Å². The van der Waals surface area contributed by atoms with E-state index in [0.29, 0.717) is 29.1 Å². The lowest BCUT2D eigenvalue weighted by Gasteiger charge is -2.25. The van der Waals surface area contributed by atoms with E-state index in [4.69, 9.17) is 4.79 Å². The first-order valence-corrected chi connectivity index (χ1v) is 9.86. The average Bonchev–Trinajstić information content (AvgIpc) is 3.28. The van der Waals surface area contributed by atoms with Gasteiger partial charge in [0, 0.05) is 30.6 Å². The predicted octanol–water partition coefficient (Wildman–Crippen LogP) is 3.05. The maximum Gasteiger partial charge on any atom is 0.416 e. The molecular weight excluding hydrogens is 389 g/mol. The molecule has 5 nitrogen and oxygen atoms in total. The molecule has 0 aromatic heterocycles. The first-order chi connectivity index (χ1) is 13.4. The fraction of sp³-hybridized carbons (Fsp3) is 0.474. The molecule has 0 bridgehead atoms. The molecule has 2 heterocycles. The minimum atomic E-state index is -4.38. The Hall–Kier alpha value is -1.84. The molecule has 0 saturated carbocycles. The largest absolute Gasteiger partial charge is 0.416 e. The Morgan fingerprint density at radius 3 is 2.75 bits per heavy atom. The lowest BCUT2D eigenvalue weighted by molar-refractivity contribution is -0.137. The lowest BCUT2D eigenvalue weighted by Crippen LogP contribution is -2.30. The number of carbonyl (C=O) groups excluding carboxylic acids is 1. The van der Waals surface area contributed by atoms with Crippen LogP contribution < -0.4 is 10.6 Å². The van der Waals surface area contributed by atoms with Crippen LogP contribution in [0.1, 0.15) is 17.5 Å². The minimum absolute atomic E-state index is 0.438. The second-order valence-corrected chi connectivity index (χ2v) is 7.51. The van der Waals surface area contributed by atoms with E-state index in [9.17, 15) is 13.2 Å². The van der Waals surface area contributed by atoms with Crippen LogP contribution in [0.2, 0.25) is 0 Å². The van der Waals surface area contributed by atoms with Crippen LogP contribution in [0.5, 0.6) is 0 Å². The van der Waals surface area contributed by atoms with Crippen LogP contribution in [0.3, 0.4) is 0 Å². The Bertz CT molecular complexity index is 699. The average molecular weight is 414 g/mol. The molecule has 0 spiro atoms. The van der Waals surface area contributed by atoms with Crippen molar-refractivity contribution in [2.24, 2.45) is 10.9 Å². The number of hydrogen-bond acceptors (Lipinski definition) is 6. The maximum absolute atomic E-state index is 13.1. The van der Waals surface area contributed by atoms with Gasteiger partial charge in [-0.3, -0.25) is 4.99 Å². The van der Waals surface area contributed by atoms with Gasteiger partial charge >= 0.3 is 6.18 Å². The second kappa shape index (κ2) is 10.1. The Morgan fingerprint density at radius 2 is 2.14 bits per heavy atom. The third kappa shape index (κ3) is 5.15. The van der Waals surface area contributed by atoms with Crippen molar-refractivity contribution in [2.45, 2.75) is 18.6 Å². The molecule has 2 aliphatic heterocycles. The molecule has 28 heavy (non-hydrogen) atoms. The Balaban J connectivity index is 0.00000136. The van der Waals surface area contributed by atoms with Crippen molar-refractivity contribution >= 4 is 31.0 Å². The number of carbonyl (C=O) groups is 1. The Labute approximate surface area is 167 Å². The highest BCUT2D eigenvalue weighted by Gasteiger charge is 2.38. The summed E-state index contributed by atoms with van der Waals surface area (Å²) < 4.78 is 39.3. The molecule has 0 amide bonds. The molecule has 0 radical (unpaired) electrons. The second-order valence-electron chi connectivity index (χ2n) is 6.55. The van der Waals surface area contributed by atoms with Gasteiger partial charge in [0.1, 0.15) is 6.79 Å². The van der Waals surface area contributed by atoms with Crippen LogP contribution in [0.15, 0.2) is 34.3 Å². The van der Waals surface area contributed by atoms with E-state index in [0.717, 1.165) is 43.2 Å². The van der Waals surface area contributed by atoms with Crippen LogP contribution in [0.4, 0.5) is 13.2 Å². The highest BCUT2D eigenvalue weighted by molar-refractivity contribution is 8.03. The number of nitrogens with one attached hydrogen (secondary N) is 2. The van der Waals surface area contributed by atoms with E-state index in [-0.39, 0.29) is 0 Å². The van der Waals surface area contributed by atoms with Crippen molar-refractivity contribution < 1.29 is 18.0 Å². The molecule has 2 saturated heterocycles. The Morgan fingerprint density at radius 1 is 1.39 bits per heavy atom. The van der Waals surface area contributed by atoms with Crippen LogP contribution >= 0.6 is 11.8 Å². The summed E-state index contributed by atoms with van der Waals surface area (Å²) in [4.78, 5) is 14.4. The summed E-state index contributed by atoms with van der Waals surface area (Å²) in [6, 6.07) is 5.75. The van der Waals surface area contributed by atoms with Gasteiger partial charge in [0.15, 0.2) is 0 Å². The smallest absolute Gasteiger partial charge is 0.363 e. The normalized spacial score (nSPS) is 22.2. The van der Waals surface area contributed by atoms with Crippen molar-refractivity contribution in [3.63, 3.8) is 0 Å². The standard InChI is InChI=1S/C18H23F3N4S.CH2O/c1-22-11-26-17(25-9-13-6-7-24-15(13)10-25)16(23-2)12-4-3-5-14(8-12)18(19,20)21;1-2/h3-5,8,13,15,22,24H,2,6-7,9-11H2,1H3;1H2/b17-16-;. The molecule has 0 aliphatic carbocycles. The van der Waals surface area contributed by atoms with Gasteiger partial charge in [0.2, 0.25) is 0 Å². The first-order valence-electron chi connectivity index (χ1n) is 8.87. The molecule has 2 N–H and O–H groups in total. The molecule has 2 fully saturated rings. The van der Waals surface area contributed by atoms with Gasteiger partial charge in [-0.2, -0.15) is 13.2 Å². The number of nitrogens with zero attached hydrogens (tertiary/aromatic N) is 2. The van der Waals surface area contributed by atoms with Gasteiger partial charge in [0.05, 0.1) is 16.3 Å².